The molecule has 0 radical (unpaired) electrons. The molecule has 1 aromatic rings. The first-order chi connectivity index (χ1) is 8.25. The Morgan fingerprint density at radius 1 is 1.41 bits per heavy atom. The second-order valence-electron chi connectivity index (χ2n) is 3.41. The predicted molar refractivity (Wildman–Crippen MR) is 67.2 cm³/mol. The summed E-state index contributed by atoms with van der Waals surface area (Å²) in [6, 6.07) is 3.43. The van der Waals surface area contributed by atoms with Crippen molar-refractivity contribution >= 4 is 16.5 Å². The molecule has 0 saturated heterocycles. The normalized spacial score (nSPS) is 12.5. The van der Waals surface area contributed by atoms with Crippen molar-refractivity contribution in [3.05, 3.63) is 18.3 Å². The number of nitrogens with two attached hydrogens (primary N) is 1. The van der Waals surface area contributed by atoms with Crippen molar-refractivity contribution < 1.29 is 13.7 Å². The second kappa shape index (κ2) is 8.16. The molecule has 6 heteroatoms. The molecule has 0 spiro atoms. The predicted octanol–water partition coefficient (Wildman–Crippen LogP) is 0.824. The van der Waals surface area contributed by atoms with E-state index >= 15 is 0 Å². The number of aromatic nitrogens is 1. The van der Waals surface area contributed by atoms with E-state index in [1.807, 2.05) is 0 Å². The number of ether oxygens (including phenoxy) is 2. The minimum atomic E-state index is -1.15. The summed E-state index contributed by atoms with van der Waals surface area (Å²) in [6.45, 7) is 1.72. The lowest BCUT2D eigenvalue weighted by molar-refractivity contribution is 0.0713. The maximum atomic E-state index is 11.8. The average Bonchev–Trinajstić information content (AvgIpc) is 2.34. The first kappa shape index (κ1) is 14.1. The summed E-state index contributed by atoms with van der Waals surface area (Å²) in [5.41, 5.74) is 6.17. The van der Waals surface area contributed by atoms with Crippen molar-refractivity contribution in [1.29, 1.82) is 0 Å². The number of rotatable bonds is 8. The highest BCUT2D eigenvalue weighted by Crippen LogP contribution is 2.12. The molecule has 1 unspecified atom stereocenters. The third-order valence-electron chi connectivity index (χ3n) is 2.07. The van der Waals surface area contributed by atoms with E-state index in [4.69, 9.17) is 15.2 Å². The summed E-state index contributed by atoms with van der Waals surface area (Å²) in [5.74, 6) is 0.508. The number of nitrogen functional groups attached to an aromatic ring is 1. The fourth-order valence-electron chi connectivity index (χ4n) is 1.23. The molecule has 0 aliphatic heterocycles. The van der Waals surface area contributed by atoms with Gasteiger partial charge in [-0.05, 0) is 18.6 Å². The van der Waals surface area contributed by atoms with Crippen molar-refractivity contribution in [3.63, 3.8) is 0 Å². The molecule has 0 aromatic carbocycles. The van der Waals surface area contributed by atoms with Crippen molar-refractivity contribution in [3.8, 4) is 0 Å². The Morgan fingerprint density at radius 3 is 2.94 bits per heavy atom. The van der Waals surface area contributed by atoms with E-state index < -0.39 is 10.8 Å². The molecule has 2 N–H and O–H groups in total. The van der Waals surface area contributed by atoms with Crippen molar-refractivity contribution in [2.75, 3.05) is 38.4 Å². The lowest BCUT2D eigenvalue weighted by Crippen LogP contribution is -2.08. The van der Waals surface area contributed by atoms with E-state index in [1.54, 1.807) is 25.4 Å². The van der Waals surface area contributed by atoms with Gasteiger partial charge in [0, 0.05) is 25.7 Å². The molecule has 5 nitrogen and oxygen atoms in total. The van der Waals surface area contributed by atoms with Crippen LogP contribution in [0.15, 0.2) is 23.4 Å². The number of nitrogens with zero attached hydrogens (tertiary/aromatic N) is 1. The van der Waals surface area contributed by atoms with Crippen LogP contribution in [0.2, 0.25) is 0 Å². The largest absolute Gasteiger partial charge is 0.396 e. The van der Waals surface area contributed by atoms with E-state index in [9.17, 15) is 4.21 Å². The molecular formula is C11H18N2O3S. The van der Waals surface area contributed by atoms with Gasteiger partial charge >= 0.3 is 0 Å². The first-order valence-electron chi connectivity index (χ1n) is 5.41. The Morgan fingerprint density at radius 2 is 2.24 bits per heavy atom. The molecule has 0 fully saturated rings. The van der Waals surface area contributed by atoms with Crippen LogP contribution in [-0.4, -0.2) is 41.9 Å². The van der Waals surface area contributed by atoms with Gasteiger partial charge in [0.25, 0.3) is 0 Å². The van der Waals surface area contributed by atoms with Crippen LogP contribution in [0.1, 0.15) is 6.42 Å². The smallest absolute Gasteiger partial charge is 0.150 e. The number of pyridine rings is 1. The highest BCUT2D eigenvalue weighted by Gasteiger charge is 2.08. The molecule has 0 bridgehead atoms. The lowest BCUT2D eigenvalue weighted by atomic mass is 10.4. The highest BCUT2D eigenvalue weighted by atomic mass is 32.2. The topological polar surface area (TPSA) is 74.4 Å². The molecule has 17 heavy (non-hydrogen) atoms. The SMILES string of the molecule is COCCOCCCS(=O)c1ncccc1N. The third-order valence-corrected chi connectivity index (χ3v) is 3.50. The van der Waals surface area contributed by atoms with E-state index in [0.717, 1.165) is 0 Å². The molecule has 0 amide bonds. The van der Waals surface area contributed by atoms with E-state index in [0.29, 0.717) is 42.7 Å². The summed E-state index contributed by atoms with van der Waals surface area (Å²) in [6.07, 6.45) is 2.31. The van der Waals surface area contributed by atoms with Gasteiger partial charge in [0.15, 0.2) is 0 Å². The monoisotopic (exact) mass is 258 g/mol. The Kier molecular flexibility index (Phi) is 6.76. The molecular weight excluding hydrogens is 240 g/mol. The fourth-order valence-corrected chi connectivity index (χ4v) is 2.31. The quantitative estimate of drug-likeness (QED) is 0.699. The molecule has 1 rings (SSSR count). The van der Waals surface area contributed by atoms with Crippen LogP contribution in [0.25, 0.3) is 0 Å². The van der Waals surface area contributed by atoms with Gasteiger partial charge in [-0.15, -0.1) is 0 Å². The Labute approximate surface area is 104 Å². The Bertz CT molecular complexity index is 360. The van der Waals surface area contributed by atoms with Crippen LogP contribution in [-0.2, 0) is 20.3 Å². The summed E-state index contributed by atoms with van der Waals surface area (Å²) in [7, 11) is 0.478. The maximum absolute atomic E-state index is 11.8. The number of hydrogen-bond donors (Lipinski definition) is 1. The van der Waals surface area contributed by atoms with Crippen LogP contribution >= 0.6 is 0 Å². The molecule has 1 aromatic heterocycles. The second-order valence-corrected chi connectivity index (χ2v) is 4.89. The molecule has 1 heterocycles. The molecule has 1 atom stereocenters. The highest BCUT2D eigenvalue weighted by molar-refractivity contribution is 7.85. The maximum Gasteiger partial charge on any atom is 0.150 e. The van der Waals surface area contributed by atoms with Gasteiger partial charge in [-0.3, -0.25) is 4.21 Å². The zero-order chi connectivity index (χ0) is 12.5. The Balaban J connectivity index is 2.24. The van der Waals surface area contributed by atoms with Gasteiger partial charge in [0.2, 0.25) is 0 Å². The van der Waals surface area contributed by atoms with Gasteiger partial charge in [-0.1, -0.05) is 0 Å². The zero-order valence-electron chi connectivity index (χ0n) is 9.93. The summed E-state index contributed by atoms with van der Waals surface area (Å²) in [4.78, 5) is 4.02. The summed E-state index contributed by atoms with van der Waals surface area (Å²) >= 11 is 0. The van der Waals surface area contributed by atoms with Crippen molar-refractivity contribution in [2.24, 2.45) is 0 Å². The molecule has 0 saturated carbocycles. The number of hydrogen-bond acceptors (Lipinski definition) is 5. The zero-order valence-corrected chi connectivity index (χ0v) is 10.7. The van der Waals surface area contributed by atoms with Gasteiger partial charge < -0.3 is 15.2 Å². The van der Waals surface area contributed by atoms with Gasteiger partial charge in [0.05, 0.1) is 29.7 Å². The first-order valence-corrected chi connectivity index (χ1v) is 6.73. The minimum absolute atomic E-state index is 0.462. The number of anilines is 1. The number of methoxy groups -OCH3 is 1. The van der Waals surface area contributed by atoms with Crippen LogP contribution in [0.4, 0.5) is 5.69 Å². The molecule has 0 aliphatic carbocycles. The minimum Gasteiger partial charge on any atom is -0.396 e. The van der Waals surface area contributed by atoms with Gasteiger partial charge in [0.1, 0.15) is 5.03 Å². The van der Waals surface area contributed by atoms with Crippen molar-refractivity contribution in [1.82, 2.24) is 4.98 Å². The van der Waals surface area contributed by atoms with Crippen LogP contribution in [0.3, 0.4) is 0 Å². The molecule has 96 valence electrons. The van der Waals surface area contributed by atoms with Crippen LogP contribution in [0.5, 0.6) is 0 Å². The summed E-state index contributed by atoms with van der Waals surface area (Å²) < 4.78 is 22.0. The van der Waals surface area contributed by atoms with Crippen LogP contribution in [0, 0.1) is 0 Å². The lowest BCUT2D eigenvalue weighted by Gasteiger charge is -2.05. The van der Waals surface area contributed by atoms with E-state index in [-0.39, 0.29) is 0 Å². The fraction of sp³-hybridized carbons (Fsp3) is 0.545. The average molecular weight is 258 g/mol. The van der Waals surface area contributed by atoms with Gasteiger partial charge in [-0.2, -0.15) is 0 Å². The Hall–Kier alpha value is -0.980. The van der Waals surface area contributed by atoms with Gasteiger partial charge in [-0.25, -0.2) is 4.98 Å². The van der Waals surface area contributed by atoms with Crippen LogP contribution < -0.4 is 5.73 Å². The molecule has 0 aliphatic rings. The third kappa shape index (κ3) is 5.25. The van der Waals surface area contributed by atoms with E-state index in [1.165, 1.54) is 0 Å². The standard InChI is InChI=1S/C11H18N2O3S/c1-15-7-8-16-6-3-9-17(14)11-10(12)4-2-5-13-11/h2,4-5H,3,6-9,12H2,1H3. The summed E-state index contributed by atoms with van der Waals surface area (Å²) in [5, 5.41) is 0.462. The van der Waals surface area contributed by atoms with Crippen molar-refractivity contribution in [2.45, 2.75) is 11.4 Å². The van der Waals surface area contributed by atoms with E-state index in [2.05, 4.69) is 4.98 Å².